The van der Waals surface area contributed by atoms with Crippen molar-refractivity contribution in [3.8, 4) is 11.5 Å². The van der Waals surface area contributed by atoms with Gasteiger partial charge in [-0.2, -0.15) is 0 Å². The molecule has 1 aliphatic carbocycles. The Balaban J connectivity index is 2.35. The molecule has 94 valence electrons. The summed E-state index contributed by atoms with van der Waals surface area (Å²) in [6.45, 7) is 0. The maximum atomic E-state index is 11.7. The average molecular weight is 244 g/mol. The number of hydrogen-bond acceptors (Lipinski definition) is 3. The highest BCUT2D eigenvalue weighted by atomic mass is 16.5. The van der Waals surface area contributed by atoms with Gasteiger partial charge in [0.25, 0.3) is 0 Å². The Bertz CT molecular complexity index is 490. The highest BCUT2D eigenvalue weighted by Crippen LogP contribution is 2.25. The van der Waals surface area contributed by atoms with Crippen molar-refractivity contribution in [1.82, 2.24) is 0 Å². The van der Waals surface area contributed by atoms with E-state index in [1.807, 2.05) is 30.4 Å². The first-order chi connectivity index (χ1) is 8.72. The van der Waals surface area contributed by atoms with Crippen LogP contribution in [0.5, 0.6) is 11.5 Å². The van der Waals surface area contributed by atoms with Crippen molar-refractivity contribution in [1.29, 1.82) is 0 Å². The van der Waals surface area contributed by atoms with Gasteiger partial charge in [-0.1, -0.05) is 6.08 Å². The summed E-state index contributed by atoms with van der Waals surface area (Å²) in [7, 11) is 3.22. The molecule has 18 heavy (non-hydrogen) atoms. The van der Waals surface area contributed by atoms with Gasteiger partial charge in [0.05, 0.1) is 14.2 Å². The van der Waals surface area contributed by atoms with Crippen LogP contribution in [0.3, 0.4) is 0 Å². The lowest BCUT2D eigenvalue weighted by Crippen LogP contribution is -2.02. The van der Waals surface area contributed by atoms with Crippen molar-refractivity contribution in [2.75, 3.05) is 14.2 Å². The van der Waals surface area contributed by atoms with Crippen LogP contribution in [0.15, 0.2) is 35.9 Å². The standard InChI is InChI=1S/C15H16O3/c1-17-13-8-11(9-14(10-13)18-2)7-12-5-3-4-6-15(12)16/h4,6-10H,3,5H2,1-2H3/b12-7+. The maximum absolute atomic E-state index is 11.7. The summed E-state index contributed by atoms with van der Waals surface area (Å²) >= 11 is 0. The maximum Gasteiger partial charge on any atom is 0.181 e. The summed E-state index contributed by atoms with van der Waals surface area (Å²) in [5, 5.41) is 0. The molecule has 0 N–H and O–H groups in total. The largest absolute Gasteiger partial charge is 0.497 e. The zero-order valence-corrected chi connectivity index (χ0v) is 10.6. The Hall–Kier alpha value is -2.03. The molecule has 0 aliphatic heterocycles. The number of carbonyl (C=O) groups is 1. The molecule has 0 radical (unpaired) electrons. The minimum atomic E-state index is 0.0861. The molecule has 0 heterocycles. The highest BCUT2D eigenvalue weighted by Gasteiger charge is 2.10. The number of hydrogen-bond donors (Lipinski definition) is 0. The van der Waals surface area contributed by atoms with Crippen LogP contribution in [0, 0.1) is 0 Å². The number of carbonyl (C=O) groups excluding carboxylic acids is 1. The monoisotopic (exact) mass is 244 g/mol. The smallest absolute Gasteiger partial charge is 0.181 e. The summed E-state index contributed by atoms with van der Waals surface area (Å²) < 4.78 is 10.4. The summed E-state index contributed by atoms with van der Waals surface area (Å²) in [6, 6.07) is 5.59. The molecular weight excluding hydrogens is 228 g/mol. The summed E-state index contributed by atoms with van der Waals surface area (Å²) in [5.74, 6) is 1.53. The van der Waals surface area contributed by atoms with Gasteiger partial charge in [0.15, 0.2) is 5.78 Å². The SMILES string of the molecule is COc1cc(/C=C2\CCC=CC2=O)cc(OC)c1. The summed E-state index contributed by atoms with van der Waals surface area (Å²) in [5.41, 5.74) is 1.75. The molecule has 0 amide bonds. The molecule has 3 heteroatoms. The predicted molar refractivity (Wildman–Crippen MR) is 70.9 cm³/mol. The molecule has 1 aromatic rings. The van der Waals surface area contributed by atoms with Crippen molar-refractivity contribution in [2.24, 2.45) is 0 Å². The minimum absolute atomic E-state index is 0.0861. The number of benzene rings is 1. The third-order valence-corrected chi connectivity index (χ3v) is 2.88. The number of ketones is 1. The molecule has 0 saturated heterocycles. The van der Waals surface area contributed by atoms with Crippen LogP contribution in [-0.2, 0) is 4.79 Å². The third kappa shape index (κ3) is 2.80. The van der Waals surface area contributed by atoms with Crippen LogP contribution in [-0.4, -0.2) is 20.0 Å². The van der Waals surface area contributed by atoms with Gasteiger partial charge in [-0.25, -0.2) is 0 Å². The van der Waals surface area contributed by atoms with Crippen LogP contribution < -0.4 is 9.47 Å². The van der Waals surface area contributed by atoms with Crippen LogP contribution >= 0.6 is 0 Å². The van der Waals surface area contributed by atoms with Gasteiger partial charge < -0.3 is 9.47 Å². The molecule has 0 atom stereocenters. The van der Waals surface area contributed by atoms with Crippen molar-refractivity contribution in [2.45, 2.75) is 12.8 Å². The van der Waals surface area contributed by atoms with Crippen molar-refractivity contribution in [3.05, 3.63) is 41.5 Å². The molecule has 0 unspecified atom stereocenters. The van der Waals surface area contributed by atoms with E-state index in [4.69, 9.17) is 9.47 Å². The highest BCUT2D eigenvalue weighted by molar-refractivity contribution is 6.07. The second-order valence-corrected chi connectivity index (χ2v) is 4.12. The van der Waals surface area contributed by atoms with E-state index in [1.54, 1.807) is 20.3 Å². The molecule has 1 aromatic carbocycles. The number of allylic oxidation sites excluding steroid dienone is 3. The van der Waals surface area contributed by atoms with Crippen molar-refractivity contribution < 1.29 is 14.3 Å². The van der Waals surface area contributed by atoms with E-state index in [-0.39, 0.29) is 5.78 Å². The van der Waals surface area contributed by atoms with E-state index in [1.165, 1.54) is 0 Å². The first-order valence-corrected chi connectivity index (χ1v) is 5.87. The van der Waals surface area contributed by atoms with Crippen LogP contribution in [0.2, 0.25) is 0 Å². The second-order valence-electron chi connectivity index (χ2n) is 4.12. The van der Waals surface area contributed by atoms with Crippen molar-refractivity contribution >= 4 is 11.9 Å². The lowest BCUT2D eigenvalue weighted by Gasteiger charge is -2.09. The van der Waals surface area contributed by atoms with Gasteiger partial charge in [0.2, 0.25) is 0 Å². The topological polar surface area (TPSA) is 35.5 Å². The van der Waals surface area contributed by atoms with E-state index in [9.17, 15) is 4.79 Å². The molecule has 0 spiro atoms. The number of ether oxygens (including phenoxy) is 2. The minimum Gasteiger partial charge on any atom is -0.497 e. The first-order valence-electron chi connectivity index (χ1n) is 5.87. The van der Waals surface area contributed by atoms with Gasteiger partial charge in [-0.15, -0.1) is 0 Å². The van der Waals surface area contributed by atoms with E-state index < -0.39 is 0 Å². The van der Waals surface area contributed by atoms with Crippen LogP contribution in [0.1, 0.15) is 18.4 Å². The molecular formula is C15H16O3. The molecule has 0 saturated carbocycles. The predicted octanol–water partition coefficient (Wildman–Crippen LogP) is 3.01. The fourth-order valence-electron chi connectivity index (χ4n) is 1.92. The molecule has 1 aliphatic rings. The quantitative estimate of drug-likeness (QED) is 0.767. The Labute approximate surface area is 107 Å². The van der Waals surface area contributed by atoms with Gasteiger partial charge in [-0.3, -0.25) is 4.79 Å². The van der Waals surface area contributed by atoms with Gasteiger partial charge >= 0.3 is 0 Å². The molecule has 2 rings (SSSR count). The zero-order chi connectivity index (χ0) is 13.0. The first kappa shape index (κ1) is 12.4. The van der Waals surface area contributed by atoms with Crippen LogP contribution in [0.25, 0.3) is 6.08 Å². The Kier molecular flexibility index (Phi) is 3.82. The van der Waals surface area contributed by atoms with Crippen molar-refractivity contribution in [3.63, 3.8) is 0 Å². The second kappa shape index (κ2) is 5.54. The molecule has 0 bridgehead atoms. The normalized spacial score (nSPS) is 17.0. The fraction of sp³-hybridized carbons (Fsp3) is 0.267. The fourth-order valence-corrected chi connectivity index (χ4v) is 1.92. The zero-order valence-electron chi connectivity index (χ0n) is 10.6. The Morgan fingerprint density at radius 1 is 1.11 bits per heavy atom. The Morgan fingerprint density at radius 3 is 2.33 bits per heavy atom. The molecule has 0 fully saturated rings. The Morgan fingerprint density at radius 2 is 1.78 bits per heavy atom. The average Bonchev–Trinajstić information content (AvgIpc) is 2.41. The number of methoxy groups -OCH3 is 2. The lowest BCUT2D eigenvalue weighted by molar-refractivity contribution is -0.111. The summed E-state index contributed by atoms with van der Waals surface area (Å²) in [6.07, 6.45) is 7.14. The molecule has 3 nitrogen and oxygen atoms in total. The van der Waals surface area contributed by atoms with Gasteiger partial charge in [0.1, 0.15) is 11.5 Å². The lowest BCUT2D eigenvalue weighted by atomic mass is 9.97. The van der Waals surface area contributed by atoms with Gasteiger partial charge in [-0.05, 0) is 42.7 Å². The third-order valence-electron chi connectivity index (χ3n) is 2.88. The van der Waals surface area contributed by atoms with E-state index in [0.29, 0.717) is 0 Å². The summed E-state index contributed by atoms with van der Waals surface area (Å²) in [4.78, 5) is 11.7. The van der Waals surface area contributed by atoms with E-state index in [2.05, 4.69) is 0 Å². The van der Waals surface area contributed by atoms with Crippen LogP contribution in [0.4, 0.5) is 0 Å². The number of rotatable bonds is 3. The van der Waals surface area contributed by atoms with E-state index >= 15 is 0 Å². The van der Waals surface area contributed by atoms with Gasteiger partial charge in [0, 0.05) is 11.6 Å². The van der Waals surface area contributed by atoms with E-state index in [0.717, 1.165) is 35.5 Å². The molecule has 0 aromatic heterocycles.